The number of rotatable bonds is 3. The fraction of sp³-hybridized carbons (Fsp3) is 1.00. The van der Waals surface area contributed by atoms with Gasteiger partial charge in [-0.2, -0.15) is 0 Å². The van der Waals surface area contributed by atoms with Gasteiger partial charge in [0.15, 0.2) is 0 Å². The molecular weight excluding hydrogens is 156 g/mol. The zero-order valence-corrected chi connectivity index (χ0v) is 8.25. The lowest BCUT2D eigenvalue weighted by molar-refractivity contribution is -0.219. The average Bonchev–Trinajstić information content (AvgIpc) is 1.83. The third-order valence-corrected chi connectivity index (χ3v) is 4.69. The lowest BCUT2D eigenvalue weighted by atomic mass is 9.32. The standard InChI is InChI=1S/C10H17Cl/c1-3-8(2)10-4-9(5-10,6-10)7-11/h8H,3-7H2,1-2H3. The smallest absolute Gasteiger partial charge is 0.0280 e. The normalized spacial score (nSPS) is 49.4. The Morgan fingerprint density at radius 1 is 1.36 bits per heavy atom. The molecule has 0 nitrogen and oxygen atoms in total. The maximum atomic E-state index is 5.89. The molecule has 0 spiro atoms. The summed E-state index contributed by atoms with van der Waals surface area (Å²) in [6, 6.07) is 0. The summed E-state index contributed by atoms with van der Waals surface area (Å²) >= 11 is 5.89. The molecule has 0 aliphatic heterocycles. The molecule has 3 saturated carbocycles. The van der Waals surface area contributed by atoms with Crippen LogP contribution in [0.3, 0.4) is 0 Å². The first-order valence-electron chi connectivity index (χ1n) is 4.72. The van der Waals surface area contributed by atoms with Crippen LogP contribution in [0, 0.1) is 16.7 Å². The maximum absolute atomic E-state index is 5.89. The second kappa shape index (κ2) is 2.16. The number of alkyl halides is 1. The second-order valence-corrected chi connectivity index (χ2v) is 5.10. The summed E-state index contributed by atoms with van der Waals surface area (Å²) in [6.07, 6.45) is 5.63. The van der Waals surface area contributed by atoms with Crippen LogP contribution < -0.4 is 0 Å². The van der Waals surface area contributed by atoms with Gasteiger partial charge in [0.2, 0.25) is 0 Å². The van der Waals surface area contributed by atoms with Crippen LogP contribution in [0.25, 0.3) is 0 Å². The van der Waals surface area contributed by atoms with Gasteiger partial charge in [0.1, 0.15) is 0 Å². The van der Waals surface area contributed by atoms with Crippen LogP contribution in [0.15, 0.2) is 0 Å². The Labute approximate surface area is 74.3 Å². The van der Waals surface area contributed by atoms with Crippen LogP contribution >= 0.6 is 11.6 Å². The molecule has 0 radical (unpaired) electrons. The van der Waals surface area contributed by atoms with Gasteiger partial charge in [-0.05, 0) is 36.0 Å². The number of hydrogen-bond donors (Lipinski definition) is 0. The Morgan fingerprint density at radius 3 is 2.27 bits per heavy atom. The Bertz CT molecular complexity index is 154. The van der Waals surface area contributed by atoms with Gasteiger partial charge in [0.25, 0.3) is 0 Å². The fourth-order valence-corrected chi connectivity index (χ4v) is 3.47. The van der Waals surface area contributed by atoms with Crippen molar-refractivity contribution in [3.8, 4) is 0 Å². The minimum Gasteiger partial charge on any atom is -0.126 e. The lowest BCUT2D eigenvalue weighted by Crippen LogP contribution is -2.65. The van der Waals surface area contributed by atoms with Crippen molar-refractivity contribution >= 4 is 11.6 Å². The van der Waals surface area contributed by atoms with Crippen LogP contribution in [0.5, 0.6) is 0 Å². The SMILES string of the molecule is CCC(C)C12CC(CCl)(C1)C2. The minimum atomic E-state index is 0.616. The monoisotopic (exact) mass is 172 g/mol. The molecule has 3 rings (SSSR count). The maximum Gasteiger partial charge on any atom is 0.0280 e. The van der Waals surface area contributed by atoms with Gasteiger partial charge in [-0.25, -0.2) is 0 Å². The first-order chi connectivity index (χ1) is 5.16. The van der Waals surface area contributed by atoms with Crippen LogP contribution in [0.1, 0.15) is 39.5 Å². The van der Waals surface area contributed by atoms with E-state index >= 15 is 0 Å². The molecule has 1 heteroatoms. The number of hydrogen-bond acceptors (Lipinski definition) is 0. The Balaban J connectivity index is 1.93. The molecule has 2 bridgehead atoms. The van der Waals surface area contributed by atoms with Gasteiger partial charge in [-0.1, -0.05) is 20.3 Å². The molecule has 1 unspecified atom stereocenters. The van der Waals surface area contributed by atoms with Crippen molar-refractivity contribution in [3.05, 3.63) is 0 Å². The van der Waals surface area contributed by atoms with E-state index in [1.54, 1.807) is 0 Å². The summed E-state index contributed by atoms with van der Waals surface area (Å²) in [7, 11) is 0. The largest absolute Gasteiger partial charge is 0.126 e. The van der Waals surface area contributed by atoms with Crippen LogP contribution in [-0.2, 0) is 0 Å². The Kier molecular flexibility index (Phi) is 1.55. The summed E-state index contributed by atoms with van der Waals surface area (Å²) in [5, 5.41) is 0. The van der Waals surface area contributed by atoms with Crippen molar-refractivity contribution < 1.29 is 0 Å². The lowest BCUT2D eigenvalue weighted by Gasteiger charge is -2.73. The van der Waals surface area contributed by atoms with Gasteiger partial charge >= 0.3 is 0 Å². The predicted molar refractivity (Wildman–Crippen MR) is 48.9 cm³/mol. The van der Waals surface area contributed by atoms with Gasteiger partial charge < -0.3 is 0 Å². The van der Waals surface area contributed by atoms with Gasteiger partial charge in [-0.15, -0.1) is 11.6 Å². The second-order valence-electron chi connectivity index (χ2n) is 4.84. The molecule has 64 valence electrons. The molecule has 1 atom stereocenters. The van der Waals surface area contributed by atoms with Crippen molar-refractivity contribution in [2.75, 3.05) is 5.88 Å². The molecule has 3 aliphatic rings. The zero-order chi connectivity index (χ0) is 8.11. The Hall–Kier alpha value is 0.290. The number of halogens is 1. The van der Waals surface area contributed by atoms with Crippen molar-refractivity contribution in [2.24, 2.45) is 16.7 Å². The summed E-state index contributed by atoms with van der Waals surface area (Å²) < 4.78 is 0. The van der Waals surface area contributed by atoms with E-state index in [1.807, 2.05) is 0 Å². The quantitative estimate of drug-likeness (QED) is 0.573. The molecular formula is C10H17Cl. The first-order valence-corrected chi connectivity index (χ1v) is 5.26. The molecule has 0 aromatic rings. The highest BCUT2D eigenvalue weighted by atomic mass is 35.5. The van der Waals surface area contributed by atoms with Crippen LogP contribution in [0.4, 0.5) is 0 Å². The van der Waals surface area contributed by atoms with E-state index in [9.17, 15) is 0 Å². The third kappa shape index (κ3) is 0.824. The van der Waals surface area contributed by atoms with Crippen LogP contribution in [-0.4, -0.2) is 5.88 Å². The van der Waals surface area contributed by atoms with E-state index in [0.29, 0.717) is 5.41 Å². The zero-order valence-electron chi connectivity index (χ0n) is 7.49. The van der Waals surface area contributed by atoms with Gasteiger partial charge in [-0.3, -0.25) is 0 Å². The molecule has 3 fully saturated rings. The van der Waals surface area contributed by atoms with E-state index in [-0.39, 0.29) is 0 Å². The van der Waals surface area contributed by atoms with Gasteiger partial charge in [0, 0.05) is 5.88 Å². The van der Waals surface area contributed by atoms with Crippen molar-refractivity contribution in [2.45, 2.75) is 39.5 Å². The molecule has 0 amide bonds. The molecule has 3 aliphatic carbocycles. The Morgan fingerprint density at radius 2 is 1.91 bits per heavy atom. The van der Waals surface area contributed by atoms with E-state index in [0.717, 1.165) is 17.2 Å². The molecule has 0 N–H and O–H groups in total. The van der Waals surface area contributed by atoms with Crippen molar-refractivity contribution in [1.29, 1.82) is 0 Å². The predicted octanol–water partition coefficient (Wildman–Crippen LogP) is 3.44. The highest BCUT2D eigenvalue weighted by molar-refractivity contribution is 6.18. The molecule has 0 saturated heterocycles. The summed E-state index contributed by atoms with van der Waals surface area (Å²) in [6.45, 7) is 4.70. The summed E-state index contributed by atoms with van der Waals surface area (Å²) in [5.74, 6) is 1.85. The third-order valence-electron chi connectivity index (χ3n) is 4.12. The highest BCUT2D eigenvalue weighted by Crippen LogP contribution is 2.76. The van der Waals surface area contributed by atoms with Crippen molar-refractivity contribution in [3.63, 3.8) is 0 Å². The fourth-order valence-electron chi connectivity index (χ4n) is 3.18. The van der Waals surface area contributed by atoms with Crippen molar-refractivity contribution in [1.82, 2.24) is 0 Å². The van der Waals surface area contributed by atoms with E-state index in [4.69, 9.17) is 11.6 Å². The highest BCUT2D eigenvalue weighted by Gasteiger charge is 2.68. The minimum absolute atomic E-state index is 0.616. The van der Waals surface area contributed by atoms with Crippen LogP contribution in [0.2, 0.25) is 0 Å². The topological polar surface area (TPSA) is 0 Å². The first kappa shape index (κ1) is 7.91. The van der Waals surface area contributed by atoms with E-state index in [2.05, 4.69) is 13.8 Å². The van der Waals surface area contributed by atoms with E-state index < -0.39 is 0 Å². The van der Waals surface area contributed by atoms with E-state index in [1.165, 1.54) is 25.7 Å². The summed E-state index contributed by atoms with van der Waals surface area (Å²) in [4.78, 5) is 0. The molecule has 0 aromatic carbocycles. The molecule has 0 heterocycles. The average molecular weight is 173 g/mol. The molecule has 11 heavy (non-hydrogen) atoms. The summed E-state index contributed by atoms with van der Waals surface area (Å²) in [5.41, 5.74) is 1.37. The van der Waals surface area contributed by atoms with Gasteiger partial charge in [0.05, 0.1) is 0 Å². The molecule has 0 aromatic heterocycles.